The van der Waals surface area contributed by atoms with Crippen LogP contribution in [0.15, 0.2) is 18.3 Å². The first-order valence-corrected chi connectivity index (χ1v) is 5.59. The van der Waals surface area contributed by atoms with E-state index in [-0.39, 0.29) is 0 Å². The van der Waals surface area contributed by atoms with Crippen molar-refractivity contribution in [3.8, 4) is 0 Å². The van der Waals surface area contributed by atoms with Crippen LogP contribution in [-0.2, 0) is 11.3 Å². The zero-order chi connectivity index (χ0) is 10.5. The molecule has 0 aliphatic carbocycles. The van der Waals surface area contributed by atoms with Crippen LogP contribution in [0.25, 0.3) is 0 Å². The van der Waals surface area contributed by atoms with Crippen molar-refractivity contribution in [2.75, 3.05) is 13.2 Å². The summed E-state index contributed by atoms with van der Waals surface area (Å²) in [7, 11) is 0. The van der Waals surface area contributed by atoms with Gasteiger partial charge in [-0.2, -0.15) is 0 Å². The number of pyridine rings is 1. The van der Waals surface area contributed by atoms with E-state index in [4.69, 9.17) is 4.74 Å². The predicted octanol–water partition coefficient (Wildman–Crippen LogP) is 1.66. The second-order valence-corrected chi connectivity index (χ2v) is 4.03. The molecule has 0 saturated carbocycles. The van der Waals surface area contributed by atoms with Gasteiger partial charge in [-0.3, -0.25) is 4.98 Å². The van der Waals surface area contributed by atoms with Gasteiger partial charge in [0.25, 0.3) is 0 Å². The Kier molecular flexibility index (Phi) is 3.69. The van der Waals surface area contributed by atoms with Gasteiger partial charge in [0.2, 0.25) is 0 Å². The van der Waals surface area contributed by atoms with Crippen molar-refractivity contribution in [3.63, 3.8) is 0 Å². The molecule has 1 saturated heterocycles. The Morgan fingerprint density at radius 2 is 2.53 bits per heavy atom. The van der Waals surface area contributed by atoms with E-state index in [0.717, 1.165) is 25.4 Å². The minimum atomic E-state index is 0.411. The first-order chi connectivity index (χ1) is 7.36. The SMILES string of the molecule is Cc1cccnc1CNCC1CCCO1. The average molecular weight is 206 g/mol. The number of rotatable bonds is 4. The monoisotopic (exact) mass is 206 g/mol. The van der Waals surface area contributed by atoms with Gasteiger partial charge < -0.3 is 10.1 Å². The number of nitrogens with one attached hydrogen (secondary N) is 1. The van der Waals surface area contributed by atoms with Crippen molar-refractivity contribution in [1.29, 1.82) is 0 Å². The Morgan fingerprint density at radius 1 is 1.60 bits per heavy atom. The maximum atomic E-state index is 5.54. The van der Waals surface area contributed by atoms with Crippen LogP contribution >= 0.6 is 0 Å². The van der Waals surface area contributed by atoms with Gasteiger partial charge >= 0.3 is 0 Å². The maximum Gasteiger partial charge on any atom is 0.0700 e. The van der Waals surface area contributed by atoms with E-state index < -0.39 is 0 Å². The zero-order valence-corrected chi connectivity index (χ0v) is 9.20. The van der Waals surface area contributed by atoms with Crippen LogP contribution in [-0.4, -0.2) is 24.2 Å². The summed E-state index contributed by atoms with van der Waals surface area (Å²) in [5, 5.41) is 3.40. The van der Waals surface area contributed by atoms with Gasteiger partial charge in [0.1, 0.15) is 0 Å². The third kappa shape index (κ3) is 3.01. The number of ether oxygens (including phenoxy) is 1. The molecule has 2 heterocycles. The predicted molar refractivity (Wildman–Crippen MR) is 59.7 cm³/mol. The van der Waals surface area contributed by atoms with Gasteiger partial charge in [-0.05, 0) is 31.4 Å². The molecule has 1 aliphatic heterocycles. The number of aromatic nitrogens is 1. The number of nitrogens with zero attached hydrogens (tertiary/aromatic N) is 1. The molecule has 1 atom stereocenters. The molecule has 2 rings (SSSR count). The van der Waals surface area contributed by atoms with Gasteiger partial charge in [0.15, 0.2) is 0 Å². The number of hydrogen-bond donors (Lipinski definition) is 1. The zero-order valence-electron chi connectivity index (χ0n) is 9.20. The molecule has 1 fully saturated rings. The Hall–Kier alpha value is -0.930. The van der Waals surface area contributed by atoms with Gasteiger partial charge in [-0.1, -0.05) is 6.07 Å². The molecule has 1 N–H and O–H groups in total. The summed E-state index contributed by atoms with van der Waals surface area (Å²) < 4.78 is 5.54. The molecule has 1 unspecified atom stereocenters. The summed E-state index contributed by atoms with van der Waals surface area (Å²) in [4.78, 5) is 4.34. The fourth-order valence-electron chi connectivity index (χ4n) is 1.86. The molecule has 0 radical (unpaired) electrons. The fourth-order valence-corrected chi connectivity index (χ4v) is 1.86. The van der Waals surface area contributed by atoms with Gasteiger partial charge in [-0.25, -0.2) is 0 Å². The van der Waals surface area contributed by atoms with E-state index in [1.807, 2.05) is 12.3 Å². The van der Waals surface area contributed by atoms with Crippen molar-refractivity contribution in [2.45, 2.75) is 32.4 Å². The molecule has 0 bridgehead atoms. The highest BCUT2D eigenvalue weighted by atomic mass is 16.5. The first-order valence-electron chi connectivity index (χ1n) is 5.59. The summed E-state index contributed by atoms with van der Waals surface area (Å²) in [6.45, 7) is 4.80. The Labute approximate surface area is 90.9 Å². The third-order valence-corrected chi connectivity index (χ3v) is 2.81. The standard InChI is InChI=1S/C12H18N2O/c1-10-4-2-6-14-12(10)9-13-8-11-5-3-7-15-11/h2,4,6,11,13H,3,5,7-9H2,1H3. The maximum absolute atomic E-state index is 5.54. The second kappa shape index (κ2) is 5.24. The minimum Gasteiger partial charge on any atom is -0.377 e. The van der Waals surface area contributed by atoms with E-state index in [1.165, 1.54) is 18.4 Å². The van der Waals surface area contributed by atoms with Gasteiger partial charge in [-0.15, -0.1) is 0 Å². The van der Waals surface area contributed by atoms with E-state index in [0.29, 0.717) is 6.10 Å². The lowest BCUT2D eigenvalue weighted by molar-refractivity contribution is 0.110. The van der Waals surface area contributed by atoms with Crippen molar-refractivity contribution in [2.24, 2.45) is 0 Å². The molecule has 3 heteroatoms. The smallest absolute Gasteiger partial charge is 0.0700 e. The highest BCUT2D eigenvalue weighted by Crippen LogP contribution is 2.11. The summed E-state index contributed by atoms with van der Waals surface area (Å²) in [6.07, 6.45) is 4.65. The van der Waals surface area contributed by atoms with Crippen LogP contribution in [0.3, 0.4) is 0 Å². The van der Waals surface area contributed by atoms with E-state index >= 15 is 0 Å². The summed E-state index contributed by atoms with van der Waals surface area (Å²) in [6, 6.07) is 4.06. The molecule has 3 nitrogen and oxygen atoms in total. The highest BCUT2D eigenvalue weighted by Gasteiger charge is 2.14. The summed E-state index contributed by atoms with van der Waals surface area (Å²) >= 11 is 0. The Morgan fingerprint density at radius 3 is 3.27 bits per heavy atom. The van der Waals surface area contributed by atoms with Crippen LogP contribution in [0.5, 0.6) is 0 Å². The molecule has 0 aromatic carbocycles. The number of aryl methyl sites for hydroxylation is 1. The summed E-state index contributed by atoms with van der Waals surface area (Å²) in [5.41, 5.74) is 2.38. The third-order valence-electron chi connectivity index (χ3n) is 2.81. The second-order valence-electron chi connectivity index (χ2n) is 4.03. The van der Waals surface area contributed by atoms with E-state index in [9.17, 15) is 0 Å². The molecule has 82 valence electrons. The van der Waals surface area contributed by atoms with Crippen LogP contribution < -0.4 is 5.32 Å². The van der Waals surface area contributed by atoms with Crippen LogP contribution in [0.1, 0.15) is 24.1 Å². The highest BCUT2D eigenvalue weighted by molar-refractivity contribution is 5.17. The molecule has 0 spiro atoms. The lowest BCUT2D eigenvalue weighted by Gasteiger charge is -2.11. The number of hydrogen-bond acceptors (Lipinski definition) is 3. The van der Waals surface area contributed by atoms with Crippen LogP contribution in [0.2, 0.25) is 0 Å². The van der Waals surface area contributed by atoms with Crippen molar-refractivity contribution < 1.29 is 4.74 Å². The lowest BCUT2D eigenvalue weighted by Crippen LogP contribution is -2.26. The lowest BCUT2D eigenvalue weighted by atomic mass is 10.2. The van der Waals surface area contributed by atoms with E-state index in [2.05, 4.69) is 23.3 Å². The quantitative estimate of drug-likeness (QED) is 0.813. The van der Waals surface area contributed by atoms with Crippen molar-refractivity contribution in [3.05, 3.63) is 29.6 Å². The molecule has 15 heavy (non-hydrogen) atoms. The molecule has 1 aliphatic rings. The molecule has 1 aromatic rings. The minimum absolute atomic E-state index is 0.411. The topological polar surface area (TPSA) is 34.2 Å². The van der Waals surface area contributed by atoms with E-state index in [1.54, 1.807) is 0 Å². The molecule has 0 amide bonds. The normalized spacial score (nSPS) is 20.7. The van der Waals surface area contributed by atoms with Crippen LogP contribution in [0, 0.1) is 6.92 Å². The first kappa shape index (κ1) is 10.6. The van der Waals surface area contributed by atoms with Crippen molar-refractivity contribution >= 4 is 0 Å². The van der Waals surface area contributed by atoms with Gasteiger partial charge in [0.05, 0.1) is 11.8 Å². The van der Waals surface area contributed by atoms with Gasteiger partial charge in [0, 0.05) is 25.9 Å². The Bertz CT molecular complexity index is 308. The molecular formula is C12H18N2O. The largest absolute Gasteiger partial charge is 0.377 e. The average Bonchev–Trinajstić information content (AvgIpc) is 2.74. The molecular weight excluding hydrogens is 188 g/mol. The summed E-state index contributed by atoms with van der Waals surface area (Å²) in [5.74, 6) is 0. The fraction of sp³-hybridized carbons (Fsp3) is 0.583. The Balaban J connectivity index is 1.75. The van der Waals surface area contributed by atoms with Crippen LogP contribution in [0.4, 0.5) is 0 Å². The van der Waals surface area contributed by atoms with Crippen molar-refractivity contribution in [1.82, 2.24) is 10.3 Å². The molecule has 1 aromatic heterocycles.